The van der Waals surface area contributed by atoms with E-state index in [1.807, 2.05) is 12.1 Å². The van der Waals surface area contributed by atoms with E-state index in [2.05, 4.69) is 15.3 Å². The van der Waals surface area contributed by atoms with Gasteiger partial charge in [0.1, 0.15) is 0 Å². The van der Waals surface area contributed by atoms with Crippen LogP contribution < -0.4 is 5.32 Å². The van der Waals surface area contributed by atoms with Crippen LogP contribution in [0.2, 0.25) is 0 Å². The Morgan fingerprint density at radius 1 is 0.943 bits per heavy atom. The summed E-state index contributed by atoms with van der Waals surface area (Å²) in [7, 11) is -0.822. The van der Waals surface area contributed by atoms with Gasteiger partial charge in [-0.25, -0.2) is 22.5 Å². The van der Waals surface area contributed by atoms with Gasteiger partial charge >= 0.3 is 5.97 Å². The van der Waals surface area contributed by atoms with Crippen LogP contribution >= 0.6 is 0 Å². The number of carbonyl (C=O) groups is 2. The molecule has 4 rings (SSSR count). The summed E-state index contributed by atoms with van der Waals surface area (Å²) in [5.74, 6) is -1.30. The molecular weight excluding hydrogens is 468 g/mol. The molecule has 2 aromatic heterocycles. The van der Waals surface area contributed by atoms with Crippen molar-refractivity contribution in [1.29, 1.82) is 0 Å². The molecule has 0 atom stereocenters. The number of carbonyl (C=O) groups excluding carboxylic acids is 2. The minimum Gasteiger partial charge on any atom is -0.452 e. The quantitative estimate of drug-likeness (QED) is 0.395. The topological polar surface area (TPSA) is 119 Å². The molecule has 0 bridgehead atoms. The number of ether oxygens (including phenoxy) is 1. The summed E-state index contributed by atoms with van der Waals surface area (Å²) in [5, 5.41) is 3.14. The van der Waals surface area contributed by atoms with Gasteiger partial charge in [-0.2, -0.15) is 0 Å². The first-order chi connectivity index (χ1) is 16.8. The number of esters is 1. The van der Waals surface area contributed by atoms with E-state index < -0.39 is 28.5 Å². The Kier molecular flexibility index (Phi) is 6.85. The number of hydrogen-bond donors (Lipinski definition) is 1. The molecule has 0 aliphatic carbocycles. The molecule has 0 spiro atoms. The van der Waals surface area contributed by atoms with Crippen molar-refractivity contribution in [2.24, 2.45) is 0 Å². The molecule has 0 saturated heterocycles. The Bertz CT molecular complexity index is 1510. The largest absolute Gasteiger partial charge is 0.452 e. The lowest BCUT2D eigenvalue weighted by Crippen LogP contribution is -2.23. The lowest BCUT2D eigenvalue weighted by molar-refractivity contribution is -0.119. The average Bonchev–Trinajstić information content (AvgIpc) is 2.87. The maximum Gasteiger partial charge on any atom is 0.339 e. The summed E-state index contributed by atoms with van der Waals surface area (Å²) < 4.78 is 31.0. The van der Waals surface area contributed by atoms with E-state index >= 15 is 0 Å². The number of anilines is 1. The zero-order valence-electron chi connectivity index (χ0n) is 19.0. The standard InChI is InChI=1S/C25H22N4O5S/c1-29(2)35(32,33)18-9-7-8-17(14-18)27-24(30)16-34-25(31)20-15-23(22-12-5-6-13-26-22)28-21-11-4-3-10-19(20)21/h3-15H,16H2,1-2H3,(H,27,30). The Morgan fingerprint density at radius 2 is 1.71 bits per heavy atom. The number of rotatable bonds is 7. The molecule has 1 amide bonds. The van der Waals surface area contributed by atoms with Crippen molar-refractivity contribution in [1.82, 2.24) is 14.3 Å². The van der Waals surface area contributed by atoms with Crippen LogP contribution in [0.3, 0.4) is 0 Å². The molecule has 0 radical (unpaired) electrons. The van der Waals surface area contributed by atoms with E-state index in [0.717, 1.165) is 4.31 Å². The molecule has 0 saturated carbocycles. The first kappa shape index (κ1) is 24.0. The molecule has 0 aliphatic rings. The molecule has 10 heteroatoms. The number of hydrogen-bond acceptors (Lipinski definition) is 7. The summed E-state index contributed by atoms with van der Waals surface area (Å²) in [6, 6.07) is 19.9. The Balaban J connectivity index is 1.51. The average molecular weight is 491 g/mol. The van der Waals surface area contributed by atoms with Crippen molar-refractivity contribution in [3.8, 4) is 11.4 Å². The van der Waals surface area contributed by atoms with Crippen LogP contribution in [-0.4, -0.2) is 55.3 Å². The lowest BCUT2D eigenvalue weighted by Gasteiger charge is -2.13. The third-order valence-electron chi connectivity index (χ3n) is 5.09. The Morgan fingerprint density at radius 3 is 2.46 bits per heavy atom. The van der Waals surface area contributed by atoms with Gasteiger partial charge in [0.05, 0.1) is 27.4 Å². The summed E-state index contributed by atoms with van der Waals surface area (Å²) in [6.07, 6.45) is 1.63. The fraction of sp³-hybridized carbons (Fsp3) is 0.120. The molecule has 178 valence electrons. The number of sulfonamides is 1. The number of aromatic nitrogens is 2. The number of fused-ring (bicyclic) bond motifs is 1. The third-order valence-corrected chi connectivity index (χ3v) is 6.91. The molecule has 35 heavy (non-hydrogen) atoms. The highest BCUT2D eigenvalue weighted by Crippen LogP contribution is 2.24. The highest BCUT2D eigenvalue weighted by Gasteiger charge is 2.19. The predicted molar refractivity (Wildman–Crippen MR) is 131 cm³/mol. The van der Waals surface area contributed by atoms with Gasteiger partial charge in [-0.15, -0.1) is 0 Å². The minimum atomic E-state index is -3.66. The van der Waals surface area contributed by atoms with Gasteiger partial charge < -0.3 is 10.1 Å². The molecule has 0 aliphatic heterocycles. The number of para-hydroxylation sites is 1. The van der Waals surface area contributed by atoms with Crippen LogP contribution in [0.25, 0.3) is 22.3 Å². The lowest BCUT2D eigenvalue weighted by atomic mass is 10.1. The van der Waals surface area contributed by atoms with Crippen molar-refractivity contribution in [2.45, 2.75) is 4.90 Å². The van der Waals surface area contributed by atoms with Crippen molar-refractivity contribution in [3.63, 3.8) is 0 Å². The van der Waals surface area contributed by atoms with Crippen LogP contribution in [0.4, 0.5) is 5.69 Å². The second-order valence-electron chi connectivity index (χ2n) is 7.73. The van der Waals surface area contributed by atoms with Crippen LogP contribution in [0.1, 0.15) is 10.4 Å². The maximum absolute atomic E-state index is 12.9. The number of nitrogens with zero attached hydrogens (tertiary/aromatic N) is 3. The van der Waals surface area contributed by atoms with Gasteiger partial charge in [0.2, 0.25) is 10.0 Å². The van der Waals surface area contributed by atoms with Crippen LogP contribution in [0.15, 0.2) is 83.9 Å². The molecule has 0 fully saturated rings. The van der Waals surface area contributed by atoms with Crippen LogP contribution in [0.5, 0.6) is 0 Å². The molecule has 1 N–H and O–H groups in total. The summed E-state index contributed by atoms with van der Waals surface area (Å²) in [5.41, 5.74) is 2.20. The predicted octanol–water partition coefficient (Wildman–Crippen LogP) is 3.34. The number of pyridine rings is 2. The first-order valence-electron chi connectivity index (χ1n) is 10.6. The molecule has 2 aromatic carbocycles. The molecule has 9 nitrogen and oxygen atoms in total. The monoisotopic (exact) mass is 490 g/mol. The van der Waals surface area contributed by atoms with Crippen molar-refractivity contribution in [3.05, 3.63) is 84.6 Å². The third kappa shape index (κ3) is 5.34. The van der Waals surface area contributed by atoms with E-state index in [0.29, 0.717) is 22.3 Å². The maximum atomic E-state index is 12.9. The zero-order valence-corrected chi connectivity index (χ0v) is 19.8. The molecular formula is C25H22N4O5S. The smallest absolute Gasteiger partial charge is 0.339 e. The van der Waals surface area contributed by atoms with Crippen molar-refractivity contribution >= 4 is 38.5 Å². The number of benzene rings is 2. The highest BCUT2D eigenvalue weighted by atomic mass is 32.2. The zero-order chi connectivity index (χ0) is 25.0. The minimum absolute atomic E-state index is 0.0302. The summed E-state index contributed by atoms with van der Waals surface area (Å²) >= 11 is 0. The fourth-order valence-corrected chi connectivity index (χ4v) is 4.29. The van der Waals surface area contributed by atoms with Gasteiger partial charge in [-0.05, 0) is 42.5 Å². The van der Waals surface area contributed by atoms with Crippen molar-refractivity contribution < 1.29 is 22.7 Å². The highest BCUT2D eigenvalue weighted by molar-refractivity contribution is 7.89. The SMILES string of the molecule is CN(C)S(=O)(=O)c1cccc(NC(=O)COC(=O)c2cc(-c3ccccn3)nc3ccccc23)c1. The van der Waals surface area contributed by atoms with E-state index in [4.69, 9.17) is 4.74 Å². The first-order valence-corrected chi connectivity index (χ1v) is 12.0. The number of nitrogens with one attached hydrogen (secondary N) is 1. The van der Waals surface area contributed by atoms with E-state index in [9.17, 15) is 18.0 Å². The van der Waals surface area contributed by atoms with Crippen LogP contribution in [-0.2, 0) is 19.6 Å². The molecule has 4 aromatic rings. The van der Waals surface area contributed by atoms with Gasteiger partial charge in [-0.3, -0.25) is 9.78 Å². The molecule has 0 unspecified atom stereocenters. The van der Waals surface area contributed by atoms with Gasteiger partial charge in [0, 0.05) is 31.4 Å². The Labute approximate surface area is 202 Å². The number of amides is 1. The van der Waals surface area contributed by atoms with Gasteiger partial charge in [0.15, 0.2) is 6.61 Å². The van der Waals surface area contributed by atoms with Gasteiger partial charge in [-0.1, -0.05) is 30.3 Å². The normalized spacial score (nSPS) is 11.4. The fourth-order valence-electron chi connectivity index (χ4n) is 3.34. The van der Waals surface area contributed by atoms with E-state index in [1.165, 1.54) is 32.3 Å². The van der Waals surface area contributed by atoms with E-state index in [1.54, 1.807) is 48.7 Å². The second kappa shape index (κ2) is 10.00. The van der Waals surface area contributed by atoms with E-state index in [-0.39, 0.29) is 16.1 Å². The van der Waals surface area contributed by atoms with Crippen LogP contribution in [0, 0.1) is 0 Å². The summed E-state index contributed by atoms with van der Waals surface area (Å²) in [6.45, 7) is -0.556. The second-order valence-corrected chi connectivity index (χ2v) is 9.88. The van der Waals surface area contributed by atoms with Crippen molar-refractivity contribution in [2.75, 3.05) is 26.0 Å². The summed E-state index contributed by atoms with van der Waals surface area (Å²) in [4.78, 5) is 34.2. The van der Waals surface area contributed by atoms with Gasteiger partial charge in [0.25, 0.3) is 5.91 Å². The molecule has 2 heterocycles. The Hall–Kier alpha value is -4.15.